The quantitative estimate of drug-likeness (QED) is 0.119. The van der Waals surface area contributed by atoms with Gasteiger partial charge >= 0.3 is 0 Å². The van der Waals surface area contributed by atoms with Crippen LogP contribution < -0.4 is 5.32 Å². The lowest BCUT2D eigenvalue weighted by atomic mass is 9.91. The number of carbonyl (C=O) groups excluding carboxylic acids is 1. The van der Waals surface area contributed by atoms with Crippen LogP contribution in [0, 0.1) is 35.0 Å². The molecule has 2 N–H and O–H groups in total. The van der Waals surface area contributed by atoms with Gasteiger partial charge in [0.05, 0.1) is 18.8 Å². The lowest BCUT2D eigenvalue weighted by Gasteiger charge is -2.41. The highest BCUT2D eigenvalue weighted by molar-refractivity contribution is 7.99. The van der Waals surface area contributed by atoms with Gasteiger partial charge in [0, 0.05) is 30.0 Å². The molecule has 4 atom stereocenters. The highest BCUT2D eigenvalue weighted by Gasteiger charge is 2.39. The molecule has 1 saturated heterocycles. The van der Waals surface area contributed by atoms with Crippen LogP contribution in [0.15, 0.2) is 53.7 Å². The number of halogens is 5. The molecule has 1 aromatic heterocycles. The van der Waals surface area contributed by atoms with E-state index in [2.05, 4.69) is 20.8 Å². The molecule has 1 fully saturated rings. The molecule has 0 spiro atoms. The van der Waals surface area contributed by atoms with Crippen LogP contribution in [0.5, 0.6) is 0 Å². The molecule has 5 rings (SSSR count). The number of thioether (sulfide) groups is 1. The summed E-state index contributed by atoms with van der Waals surface area (Å²) < 4.78 is 83.4. The number of nitrogens with one attached hydrogen (secondary N) is 1. The maximum Gasteiger partial charge on any atom is 0.261 e. The van der Waals surface area contributed by atoms with E-state index in [1.54, 1.807) is 25.2 Å². The van der Waals surface area contributed by atoms with Gasteiger partial charge in [-0.1, -0.05) is 55.1 Å². The van der Waals surface area contributed by atoms with Crippen molar-refractivity contribution in [3.63, 3.8) is 0 Å². The minimum Gasteiger partial charge on any atom is -0.392 e. The number of tetrazole rings is 1. The second-order valence-electron chi connectivity index (χ2n) is 9.74. The minimum absolute atomic E-state index is 0.00260. The van der Waals surface area contributed by atoms with Gasteiger partial charge < -0.3 is 19.9 Å². The molecule has 0 aliphatic carbocycles. The smallest absolute Gasteiger partial charge is 0.261 e. The van der Waals surface area contributed by atoms with E-state index in [1.165, 1.54) is 34.6 Å². The fourth-order valence-corrected chi connectivity index (χ4v) is 5.58. The number of hydrogen-bond acceptors (Lipinski definition) is 8. The molecule has 3 aromatic carbocycles. The number of rotatable bonds is 8. The second kappa shape index (κ2) is 12.8. The SMILES string of the molecule is CC1C(CSc2nnnn2C)OC(c2cccc(NC(=O)c3c(F)c(F)c(F)c(F)c3F)c2)OC1c1ccc(CO)cc1. The third kappa shape index (κ3) is 6.25. The van der Waals surface area contributed by atoms with Crippen molar-refractivity contribution < 1.29 is 41.3 Å². The van der Waals surface area contributed by atoms with Gasteiger partial charge in [-0.2, -0.15) is 0 Å². The Balaban J connectivity index is 1.42. The van der Waals surface area contributed by atoms with Crippen LogP contribution >= 0.6 is 11.8 Å². The molecule has 0 bridgehead atoms. The van der Waals surface area contributed by atoms with E-state index in [4.69, 9.17) is 9.47 Å². The summed E-state index contributed by atoms with van der Waals surface area (Å²) in [5, 5.41) is 23.6. The average molecular weight is 622 g/mol. The van der Waals surface area contributed by atoms with Crippen LogP contribution in [0.25, 0.3) is 0 Å². The third-order valence-corrected chi connectivity index (χ3v) is 8.03. The summed E-state index contributed by atoms with van der Waals surface area (Å²) in [6.07, 6.45) is -1.84. The standard InChI is InChI=1S/C28H24F5N5O4S/c1-13-18(12-43-28-35-36-37-38(28)2)41-27(42-25(13)15-8-6-14(11-39)7-9-15)16-4-3-5-17(10-16)34-26(40)19-20(29)22(31)24(33)23(32)21(19)30/h3-10,13,18,25,27,39H,11-12H2,1-2H3,(H,34,40). The van der Waals surface area contributed by atoms with Crippen LogP contribution in [0.3, 0.4) is 0 Å². The number of amides is 1. The monoisotopic (exact) mass is 621 g/mol. The third-order valence-electron chi connectivity index (χ3n) is 6.93. The van der Waals surface area contributed by atoms with Gasteiger partial charge in [0.2, 0.25) is 11.0 Å². The normalized spacial score (nSPS) is 20.3. The minimum atomic E-state index is -2.36. The summed E-state index contributed by atoms with van der Waals surface area (Å²) in [5.74, 6) is -12.6. The van der Waals surface area contributed by atoms with Crippen molar-refractivity contribution in [2.45, 2.75) is 37.2 Å². The van der Waals surface area contributed by atoms with E-state index >= 15 is 0 Å². The van der Waals surface area contributed by atoms with E-state index in [1.807, 2.05) is 19.1 Å². The van der Waals surface area contributed by atoms with Gasteiger partial charge in [-0.3, -0.25) is 4.79 Å². The molecule has 226 valence electrons. The first-order valence-electron chi connectivity index (χ1n) is 12.9. The van der Waals surface area contributed by atoms with E-state index < -0.39 is 59.1 Å². The van der Waals surface area contributed by atoms with Crippen molar-refractivity contribution >= 4 is 23.4 Å². The number of aromatic nitrogens is 4. The highest BCUT2D eigenvalue weighted by Crippen LogP contribution is 2.43. The fraction of sp³-hybridized carbons (Fsp3) is 0.286. The number of ether oxygens (including phenoxy) is 2. The highest BCUT2D eigenvalue weighted by atomic mass is 32.2. The van der Waals surface area contributed by atoms with Crippen molar-refractivity contribution in [1.29, 1.82) is 0 Å². The molecule has 0 saturated carbocycles. The van der Waals surface area contributed by atoms with Crippen molar-refractivity contribution in [3.05, 3.63) is 99.9 Å². The van der Waals surface area contributed by atoms with E-state index in [0.717, 1.165) is 11.1 Å². The average Bonchev–Trinajstić information content (AvgIpc) is 3.43. The molecule has 0 radical (unpaired) electrons. The van der Waals surface area contributed by atoms with Crippen molar-refractivity contribution in [2.75, 3.05) is 11.1 Å². The lowest BCUT2D eigenvalue weighted by molar-refractivity contribution is -0.268. The summed E-state index contributed by atoms with van der Waals surface area (Å²) in [5.41, 5.74) is 0.345. The van der Waals surface area contributed by atoms with Gasteiger partial charge in [0.1, 0.15) is 5.56 Å². The molecule has 9 nitrogen and oxygen atoms in total. The summed E-state index contributed by atoms with van der Waals surface area (Å²) in [6, 6.07) is 13.2. The van der Waals surface area contributed by atoms with Crippen LogP contribution in [0.4, 0.5) is 27.6 Å². The van der Waals surface area contributed by atoms with E-state index in [-0.39, 0.29) is 18.2 Å². The first-order chi connectivity index (χ1) is 20.6. The van der Waals surface area contributed by atoms with Gasteiger partial charge in [-0.25, -0.2) is 26.6 Å². The first-order valence-corrected chi connectivity index (χ1v) is 13.9. The zero-order chi connectivity index (χ0) is 30.8. The Morgan fingerprint density at radius 3 is 2.28 bits per heavy atom. The summed E-state index contributed by atoms with van der Waals surface area (Å²) >= 11 is 1.38. The number of hydrogen-bond donors (Lipinski definition) is 2. The predicted octanol–water partition coefficient (Wildman–Crippen LogP) is 5.23. The Morgan fingerprint density at radius 2 is 1.65 bits per heavy atom. The molecule has 2 heterocycles. The molecule has 1 aliphatic heterocycles. The van der Waals surface area contributed by atoms with Crippen molar-refractivity contribution in [1.82, 2.24) is 20.2 Å². The number of aliphatic hydroxyl groups is 1. The largest absolute Gasteiger partial charge is 0.392 e. The Labute approximate surface area is 246 Å². The molecule has 1 aliphatic rings. The first kappa shape index (κ1) is 30.5. The predicted molar refractivity (Wildman–Crippen MR) is 143 cm³/mol. The lowest BCUT2D eigenvalue weighted by Crippen LogP contribution is -2.38. The van der Waals surface area contributed by atoms with Gasteiger partial charge in [-0.15, -0.1) is 5.10 Å². The van der Waals surface area contributed by atoms with E-state index in [9.17, 15) is 31.9 Å². The number of nitrogens with zero attached hydrogens (tertiary/aromatic N) is 4. The Kier molecular flexibility index (Phi) is 9.05. The summed E-state index contributed by atoms with van der Waals surface area (Å²) in [4.78, 5) is 12.6. The maximum atomic E-state index is 14.2. The van der Waals surface area contributed by atoms with Crippen molar-refractivity contribution in [3.8, 4) is 0 Å². The Morgan fingerprint density at radius 1 is 0.977 bits per heavy atom. The number of aliphatic hydroxyl groups excluding tert-OH is 1. The molecule has 1 amide bonds. The van der Waals surface area contributed by atoms with Crippen molar-refractivity contribution in [2.24, 2.45) is 13.0 Å². The van der Waals surface area contributed by atoms with Gasteiger partial charge in [0.15, 0.2) is 29.6 Å². The molecule has 15 heteroatoms. The maximum absolute atomic E-state index is 14.2. The van der Waals surface area contributed by atoms with E-state index in [0.29, 0.717) is 16.5 Å². The Bertz CT molecular complexity index is 1610. The summed E-state index contributed by atoms with van der Waals surface area (Å²) in [6.45, 7) is 1.84. The number of benzene rings is 3. The van der Waals surface area contributed by atoms with Crippen LogP contribution in [-0.2, 0) is 23.1 Å². The molecular formula is C28H24F5N5O4S. The fourth-order valence-electron chi connectivity index (χ4n) is 4.57. The molecule has 4 aromatic rings. The second-order valence-corrected chi connectivity index (χ2v) is 10.7. The van der Waals surface area contributed by atoms with Crippen LogP contribution in [0.2, 0.25) is 0 Å². The van der Waals surface area contributed by atoms with Gasteiger partial charge in [-0.05, 0) is 33.7 Å². The zero-order valence-electron chi connectivity index (χ0n) is 22.6. The molecular weight excluding hydrogens is 597 g/mol. The Hall–Kier alpha value is -3.92. The summed E-state index contributed by atoms with van der Waals surface area (Å²) in [7, 11) is 1.71. The van der Waals surface area contributed by atoms with Crippen LogP contribution in [-0.4, -0.2) is 43.1 Å². The topological polar surface area (TPSA) is 111 Å². The number of anilines is 1. The van der Waals surface area contributed by atoms with Crippen LogP contribution in [0.1, 0.15) is 46.4 Å². The molecule has 43 heavy (non-hydrogen) atoms. The number of carbonyl (C=O) groups is 1. The van der Waals surface area contributed by atoms with Gasteiger partial charge in [0.25, 0.3) is 5.91 Å². The number of aryl methyl sites for hydroxylation is 1. The molecule has 4 unspecified atom stereocenters. The zero-order valence-corrected chi connectivity index (χ0v) is 23.4.